The largest absolute Gasteiger partial charge is 0.497 e. The minimum Gasteiger partial charge on any atom is -0.497 e. The van der Waals surface area contributed by atoms with E-state index >= 15 is 0 Å². The van der Waals surface area contributed by atoms with Crippen LogP contribution in [-0.2, 0) is 9.59 Å². The number of rotatable bonds is 6. The molecule has 162 valence electrons. The van der Waals surface area contributed by atoms with Gasteiger partial charge in [-0.15, -0.1) is 0 Å². The fourth-order valence-corrected chi connectivity index (χ4v) is 3.43. The van der Waals surface area contributed by atoms with Gasteiger partial charge in [0.15, 0.2) is 0 Å². The molecule has 0 bridgehead atoms. The van der Waals surface area contributed by atoms with E-state index in [9.17, 15) is 18.4 Å². The number of hydrogen-bond acceptors (Lipinski definition) is 5. The lowest BCUT2D eigenvalue weighted by molar-refractivity contribution is -0.120. The maximum Gasteiger partial charge on any atom is 0.282 e. The molecule has 3 aromatic rings. The number of halogens is 2. The summed E-state index contributed by atoms with van der Waals surface area (Å²) in [6.45, 7) is 0. The molecule has 1 N–H and O–H groups in total. The molecule has 0 aromatic heterocycles. The number of nitrogens with one attached hydrogen (secondary N) is 1. The van der Waals surface area contributed by atoms with Gasteiger partial charge in [-0.2, -0.15) is 0 Å². The molecule has 0 radical (unpaired) electrons. The number of carbonyl (C=O) groups excluding carboxylic acids is 2. The van der Waals surface area contributed by atoms with Crippen molar-refractivity contribution in [3.8, 4) is 11.5 Å². The first-order chi connectivity index (χ1) is 15.4. The molecule has 2 amide bonds. The van der Waals surface area contributed by atoms with Gasteiger partial charge in [0.1, 0.15) is 28.8 Å². The highest BCUT2D eigenvalue weighted by molar-refractivity contribution is 6.46. The van der Waals surface area contributed by atoms with E-state index in [0.29, 0.717) is 22.7 Å². The summed E-state index contributed by atoms with van der Waals surface area (Å²) in [5.74, 6) is -1.85. The van der Waals surface area contributed by atoms with Gasteiger partial charge in [0.25, 0.3) is 11.8 Å². The third-order valence-electron chi connectivity index (χ3n) is 4.98. The van der Waals surface area contributed by atoms with E-state index in [0.717, 1.165) is 11.0 Å². The average molecular weight is 436 g/mol. The first kappa shape index (κ1) is 21.0. The van der Waals surface area contributed by atoms with E-state index in [2.05, 4.69) is 5.32 Å². The summed E-state index contributed by atoms with van der Waals surface area (Å²) in [7, 11) is 2.94. The van der Waals surface area contributed by atoms with Crippen molar-refractivity contribution in [1.29, 1.82) is 0 Å². The number of hydrogen-bond donors (Lipinski definition) is 1. The van der Waals surface area contributed by atoms with Gasteiger partial charge in [-0.3, -0.25) is 9.59 Å². The van der Waals surface area contributed by atoms with E-state index in [4.69, 9.17) is 9.47 Å². The van der Waals surface area contributed by atoms with Crippen molar-refractivity contribution in [2.75, 3.05) is 24.4 Å². The second-order valence-corrected chi connectivity index (χ2v) is 6.85. The molecule has 0 spiro atoms. The quantitative estimate of drug-likeness (QED) is 0.581. The highest BCUT2D eigenvalue weighted by Crippen LogP contribution is 2.37. The number of ether oxygens (including phenoxy) is 2. The van der Waals surface area contributed by atoms with E-state index < -0.39 is 23.4 Å². The van der Waals surface area contributed by atoms with Crippen LogP contribution in [0.15, 0.2) is 72.4 Å². The number of amides is 2. The fourth-order valence-electron chi connectivity index (χ4n) is 3.43. The number of para-hydroxylation sites is 1. The van der Waals surface area contributed by atoms with Crippen molar-refractivity contribution in [3.05, 3.63) is 89.6 Å². The number of methoxy groups -OCH3 is 2. The predicted octanol–water partition coefficient (Wildman–Crippen LogP) is 4.38. The summed E-state index contributed by atoms with van der Waals surface area (Å²) >= 11 is 0. The van der Waals surface area contributed by atoms with Crippen molar-refractivity contribution in [2.24, 2.45) is 0 Å². The molecule has 4 rings (SSSR count). The topological polar surface area (TPSA) is 67.9 Å². The first-order valence-electron chi connectivity index (χ1n) is 9.57. The van der Waals surface area contributed by atoms with Gasteiger partial charge < -0.3 is 14.8 Å². The molecule has 1 aliphatic rings. The van der Waals surface area contributed by atoms with E-state index in [1.807, 2.05) is 0 Å². The first-order valence-corrected chi connectivity index (χ1v) is 9.57. The van der Waals surface area contributed by atoms with Crippen LogP contribution in [0.4, 0.5) is 20.2 Å². The molecule has 6 nitrogen and oxygen atoms in total. The molecule has 8 heteroatoms. The van der Waals surface area contributed by atoms with Gasteiger partial charge in [0, 0.05) is 6.07 Å². The van der Waals surface area contributed by atoms with Crippen LogP contribution in [0.1, 0.15) is 5.56 Å². The summed E-state index contributed by atoms with van der Waals surface area (Å²) in [4.78, 5) is 27.4. The van der Waals surface area contributed by atoms with Gasteiger partial charge in [-0.25, -0.2) is 13.7 Å². The van der Waals surface area contributed by atoms with Gasteiger partial charge >= 0.3 is 0 Å². The molecule has 0 atom stereocenters. The Morgan fingerprint density at radius 3 is 2.22 bits per heavy atom. The van der Waals surface area contributed by atoms with Gasteiger partial charge in [-0.1, -0.05) is 24.3 Å². The van der Waals surface area contributed by atoms with Crippen molar-refractivity contribution >= 4 is 28.8 Å². The van der Waals surface area contributed by atoms with Crippen LogP contribution < -0.4 is 19.7 Å². The smallest absolute Gasteiger partial charge is 0.282 e. The van der Waals surface area contributed by atoms with Crippen LogP contribution >= 0.6 is 0 Å². The molecule has 3 aromatic carbocycles. The molecule has 1 heterocycles. The summed E-state index contributed by atoms with van der Waals surface area (Å²) in [6.07, 6.45) is 0. The van der Waals surface area contributed by atoms with Crippen molar-refractivity contribution < 1.29 is 27.8 Å². The second kappa shape index (κ2) is 8.50. The highest BCUT2D eigenvalue weighted by Gasteiger charge is 2.41. The van der Waals surface area contributed by atoms with Crippen LogP contribution in [0.2, 0.25) is 0 Å². The maximum absolute atomic E-state index is 14.5. The predicted molar refractivity (Wildman–Crippen MR) is 115 cm³/mol. The lowest BCUT2D eigenvalue weighted by atomic mass is 10.0. The molecule has 0 saturated heterocycles. The molecule has 1 aliphatic heterocycles. The summed E-state index contributed by atoms with van der Waals surface area (Å²) in [5, 5.41) is 2.94. The molecule has 0 saturated carbocycles. The molecule has 0 aliphatic carbocycles. The zero-order chi connectivity index (χ0) is 22.8. The molecular formula is C24H18F2N2O4. The van der Waals surface area contributed by atoms with Crippen molar-refractivity contribution in [2.45, 2.75) is 0 Å². The Hall–Kier alpha value is -4.20. The lowest BCUT2D eigenvalue weighted by Gasteiger charge is -2.16. The third-order valence-corrected chi connectivity index (χ3v) is 4.98. The highest BCUT2D eigenvalue weighted by atomic mass is 19.1. The Bertz CT molecular complexity index is 1240. The SMILES string of the molecule is COc1ccc(OC)c(NC2=C(c3ccc(F)cc3)C(=O)N(c3ccccc3F)C2=O)c1. The standard InChI is InChI=1S/C24H18F2N2O4/c1-31-16-11-12-20(32-2)18(13-16)27-22-21(14-7-9-15(25)10-8-14)23(29)28(24(22)30)19-6-4-3-5-17(19)26/h3-13,27H,1-2H3. The number of carbonyl (C=O) groups is 2. The average Bonchev–Trinajstić information content (AvgIpc) is 3.04. The normalized spacial score (nSPS) is 13.6. The summed E-state index contributed by atoms with van der Waals surface area (Å²) in [6, 6.07) is 15.5. The Kier molecular flexibility index (Phi) is 5.59. The van der Waals surface area contributed by atoms with E-state index in [-0.39, 0.29) is 17.0 Å². The molecule has 32 heavy (non-hydrogen) atoms. The minimum absolute atomic E-state index is 0.0249. The molecule has 0 fully saturated rings. The Balaban J connectivity index is 1.87. The number of nitrogens with zero attached hydrogens (tertiary/aromatic N) is 1. The van der Waals surface area contributed by atoms with E-state index in [1.54, 1.807) is 18.2 Å². The van der Waals surface area contributed by atoms with Crippen molar-refractivity contribution in [1.82, 2.24) is 0 Å². The zero-order valence-electron chi connectivity index (χ0n) is 17.2. The Morgan fingerprint density at radius 2 is 1.56 bits per heavy atom. The van der Waals surface area contributed by atoms with Gasteiger partial charge in [0.2, 0.25) is 0 Å². The third kappa shape index (κ3) is 3.66. The maximum atomic E-state index is 14.5. The summed E-state index contributed by atoms with van der Waals surface area (Å²) in [5.41, 5.74) is 0.349. The van der Waals surface area contributed by atoms with Crippen molar-refractivity contribution in [3.63, 3.8) is 0 Å². The van der Waals surface area contributed by atoms with Crippen LogP contribution in [0.5, 0.6) is 11.5 Å². The number of benzene rings is 3. The van der Waals surface area contributed by atoms with Gasteiger partial charge in [-0.05, 0) is 42.0 Å². The van der Waals surface area contributed by atoms with Crippen LogP contribution in [0, 0.1) is 11.6 Å². The molecule has 0 unspecified atom stereocenters. The van der Waals surface area contributed by atoms with Crippen LogP contribution in [0.3, 0.4) is 0 Å². The fraction of sp³-hybridized carbons (Fsp3) is 0.0833. The summed E-state index contributed by atoms with van der Waals surface area (Å²) < 4.78 is 38.5. The van der Waals surface area contributed by atoms with Gasteiger partial charge in [0.05, 0.1) is 31.2 Å². The number of imide groups is 1. The van der Waals surface area contributed by atoms with Crippen LogP contribution in [-0.4, -0.2) is 26.0 Å². The monoisotopic (exact) mass is 436 g/mol. The Labute approximate surface area is 182 Å². The van der Waals surface area contributed by atoms with Crippen LogP contribution in [0.25, 0.3) is 5.57 Å². The molecular weight excluding hydrogens is 418 g/mol. The second-order valence-electron chi connectivity index (χ2n) is 6.85. The lowest BCUT2D eigenvalue weighted by Crippen LogP contribution is -2.33. The zero-order valence-corrected chi connectivity index (χ0v) is 17.2. The minimum atomic E-state index is -0.760. The Morgan fingerprint density at radius 1 is 0.844 bits per heavy atom. The van der Waals surface area contributed by atoms with E-state index in [1.165, 1.54) is 56.7 Å². The number of anilines is 2.